The molecule has 0 radical (unpaired) electrons. The first-order chi connectivity index (χ1) is 10.3. The van der Waals surface area contributed by atoms with E-state index in [-0.39, 0.29) is 6.04 Å². The van der Waals surface area contributed by atoms with Crippen molar-refractivity contribution >= 4 is 0 Å². The van der Waals surface area contributed by atoms with Gasteiger partial charge in [-0.25, -0.2) is 0 Å². The lowest BCUT2D eigenvalue weighted by atomic mass is 9.99. The molecule has 21 heavy (non-hydrogen) atoms. The first-order valence-electron chi connectivity index (χ1n) is 7.73. The van der Waals surface area contributed by atoms with Crippen LogP contribution in [0.25, 0.3) is 0 Å². The van der Waals surface area contributed by atoms with Crippen molar-refractivity contribution in [2.24, 2.45) is 5.92 Å². The van der Waals surface area contributed by atoms with E-state index in [1.807, 2.05) is 12.1 Å². The zero-order valence-corrected chi connectivity index (χ0v) is 12.8. The Bertz CT molecular complexity index is 577. The van der Waals surface area contributed by atoms with Crippen molar-refractivity contribution < 1.29 is 4.74 Å². The van der Waals surface area contributed by atoms with Crippen molar-refractivity contribution in [3.05, 3.63) is 65.7 Å². The fourth-order valence-electron chi connectivity index (χ4n) is 2.98. The van der Waals surface area contributed by atoms with E-state index in [1.54, 1.807) is 7.11 Å². The minimum atomic E-state index is 0.270. The lowest BCUT2D eigenvalue weighted by molar-refractivity contribution is 0.385. The first-order valence-corrected chi connectivity index (χ1v) is 7.73. The molecule has 2 atom stereocenters. The van der Waals surface area contributed by atoms with E-state index in [2.05, 4.69) is 54.7 Å². The monoisotopic (exact) mass is 281 g/mol. The molecule has 2 aromatic rings. The number of benzene rings is 2. The Morgan fingerprint density at radius 2 is 1.67 bits per heavy atom. The molecule has 0 spiro atoms. The van der Waals surface area contributed by atoms with E-state index in [4.69, 9.17) is 4.74 Å². The molecule has 0 aromatic heterocycles. The number of methoxy groups -OCH3 is 1. The lowest BCUT2D eigenvalue weighted by Gasteiger charge is -2.25. The van der Waals surface area contributed by atoms with Crippen LogP contribution < -0.4 is 10.1 Å². The topological polar surface area (TPSA) is 21.3 Å². The Labute approximate surface area is 127 Å². The van der Waals surface area contributed by atoms with Crippen LogP contribution in [-0.4, -0.2) is 7.11 Å². The number of nitrogens with one attached hydrogen (secondary N) is 1. The molecule has 1 saturated carbocycles. The summed E-state index contributed by atoms with van der Waals surface area (Å²) in [6.07, 6.45) is 2.65. The molecule has 110 valence electrons. The van der Waals surface area contributed by atoms with Gasteiger partial charge in [-0.1, -0.05) is 48.5 Å². The van der Waals surface area contributed by atoms with Crippen molar-refractivity contribution in [1.29, 1.82) is 0 Å². The second-order valence-electron chi connectivity index (χ2n) is 5.86. The van der Waals surface area contributed by atoms with Gasteiger partial charge in [-0.2, -0.15) is 0 Å². The third-order valence-corrected chi connectivity index (χ3v) is 4.29. The van der Waals surface area contributed by atoms with Crippen LogP contribution in [-0.2, 0) is 0 Å². The second kappa shape index (κ2) is 6.31. The van der Waals surface area contributed by atoms with Gasteiger partial charge < -0.3 is 10.1 Å². The Morgan fingerprint density at radius 3 is 2.33 bits per heavy atom. The molecule has 2 heteroatoms. The van der Waals surface area contributed by atoms with Crippen LogP contribution in [0.5, 0.6) is 5.75 Å². The van der Waals surface area contributed by atoms with Gasteiger partial charge >= 0.3 is 0 Å². The number of rotatable bonds is 6. The zero-order valence-electron chi connectivity index (χ0n) is 12.8. The predicted molar refractivity (Wildman–Crippen MR) is 86.5 cm³/mol. The van der Waals surface area contributed by atoms with Gasteiger partial charge in [0.2, 0.25) is 0 Å². The molecule has 0 aliphatic heterocycles. The van der Waals surface area contributed by atoms with E-state index in [0.717, 1.165) is 11.7 Å². The third kappa shape index (κ3) is 3.27. The predicted octanol–water partition coefficient (Wildman–Crippen LogP) is 4.50. The average molecular weight is 281 g/mol. The van der Waals surface area contributed by atoms with Gasteiger partial charge in [-0.05, 0) is 37.3 Å². The van der Waals surface area contributed by atoms with Crippen molar-refractivity contribution in [1.82, 2.24) is 5.32 Å². The number of para-hydroxylation sites is 1. The summed E-state index contributed by atoms with van der Waals surface area (Å²) in [6, 6.07) is 19.8. The maximum Gasteiger partial charge on any atom is 0.123 e. The van der Waals surface area contributed by atoms with Gasteiger partial charge in [0.1, 0.15) is 5.75 Å². The second-order valence-corrected chi connectivity index (χ2v) is 5.86. The molecule has 1 aliphatic rings. The van der Waals surface area contributed by atoms with Gasteiger partial charge in [0.15, 0.2) is 0 Å². The standard InChI is InChI=1S/C19H23NO/c1-14(17-10-6-7-11-18(17)21-2)20-19(16-12-13-16)15-8-4-3-5-9-15/h3-11,14,16,19-20H,12-13H2,1-2H3/t14-,19?/m0/s1. The highest BCUT2D eigenvalue weighted by Crippen LogP contribution is 2.42. The van der Waals surface area contributed by atoms with Crippen molar-refractivity contribution in [3.63, 3.8) is 0 Å². The van der Waals surface area contributed by atoms with Crippen molar-refractivity contribution in [2.45, 2.75) is 31.8 Å². The van der Waals surface area contributed by atoms with E-state index >= 15 is 0 Å². The Morgan fingerprint density at radius 1 is 1.00 bits per heavy atom. The quantitative estimate of drug-likeness (QED) is 0.842. The van der Waals surface area contributed by atoms with E-state index in [0.29, 0.717) is 6.04 Å². The minimum absolute atomic E-state index is 0.270. The summed E-state index contributed by atoms with van der Waals surface area (Å²) < 4.78 is 5.49. The average Bonchev–Trinajstić information content (AvgIpc) is 3.38. The minimum Gasteiger partial charge on any atom is -0.496 e. The summed E-state index contributed by atoms with van der Waals surface area (Å²) in [5.74, 6) is 1.73. The van der Waals surface area contributed by atoms with Crippen LogP contribution in [0.4, 0.5) is 0 Å². The molecule has 0 amide bonds. The largest absolute Gasteiger partial charge is 0.496 e. The maximum atomic E-state index is 5.49. The highest BCUT2D eigenvalue weighted by molar-refractivity contribution is 5.36. The summed E-state index contributed by atoms with van der Waals surface area (Å²) in [5, 5.41) is 3.81. The van der Waals surface area contributed by atoms with Crippen molar-refractivity contribution in [3.8, 4) is 5.75 Å². The van der Waals surface area contributed by atoms with Gasteiger partial charge in [0, 0.05) is 17.6 Å². The summed E-state index contributed by atoms with van der Waals surface area (Å²) >= 11 is 0. The SMILES string of the molecule is COc1ccccc1[C@H](C)NC(c1ccccc1)C1CC1. The molecule has 2 aromatic carbocycles. The molecular formula is C19H23NO. The van der Waals surface area contributed by atoms with Crippen LogP contribution in [0.1, 0.15) is 43.0 Å². The van der Waals surface area contributed by atoms with Crippen LogP contribution in [0.15, 0.2) is 54.6 Å². The molecule has 0 bridgehead atoms. The number of ether oxygens (including phenoxy) is 1. The van der Waals surface area contributed by atoms with Crippen LogP contribution >= 0.6 is 0 Å². The summed E-state index contributed by atoms with van der Waals surface area (Å²) in [7, 11) is 1.74. The molecule has 1 fully saturated rings. The highest BCUT2D eigenvalue weighted by atomic mass is 16.5. The molecule has 2 nitrogen and oxygen atoms in total. The van der Waals surface area contributed by atoms with Gasteiger partial charge in [-0.3, -0.25) is 0 Å². The summed E-state index contributed by atoms with van der Waals surface area (Å²) in [4.78, 5) is 0. The van der Waals surface area contributed by atoms with Gasteiger partial charge in [0.25, 0.3) is 0 Å². The molecule has 1 unspecified atom stereocenters. The van der Waals surface area contributed by atoms with Gasteiger partial charge in [0.05, 0.1) is 7.11 Å². The summed E-state index contributed by atoms with van der Waals surface area (Å²) in [5.41, 5.74) is 2.61. The molecule has 3 rings (SSSR count). The third-order valence-electron chi connectivity index (χ3n) is 4.29. The molecule has 0 heterocycles. The molecule has 1 N–H and O–H groups in total. The summed E-state index contributed by atoms with van der Waals surface area (Å²) in [6.45, 7) is 2.22. The van der Waals surface area contributed by atoms with Crippen LogP contribution in [0.2, 0.25) is 0 Å². The fourth-order valence-corrected chi connectivity index (χ4v) is 2.98. The van der Waals surface area contributed by atoms with E-state index < -0.39 is 0 Å². The van der Waals surface area contributed by atoms with Crippen LogP contribution in [0, 0.1) is 5.92 Å². The molecule has 1 aliphatic carbocycles. The first kappa shape index (κ1) is 14.2. The zero-order chi connectivity index (χ0) is 14.7. The lowest BCUT2D eigenvalue weighted by Crippen LogP contribution is -2.26. The van der Waals surface area contributed by atoms with Crippen molar-refractivity contribution in [2.75, 3.05) is 7.11 Å². The number of hydrogen-bond acceptors (Lipinski definition) is 2. The van der Waals surface area contributed by atoms with E-state index in [1.165, 1.54) is 24.0 Å². The Hall–Kier alpha value is -1.80. The van der Waals surface area contributed by atoms with Gasteiger partial charge in [-0.15, -0.1) is 0 Å². The smallest absolute Gasteiger partial charge is 0.123 e. The van der Waals surface area contributed by atoms with Crippen LogP contribution in [0.3, 0.4) is 0 Å². The number of hydrogen-bond donors (Lipinski definition) is 1. The normalized spacial score (nSPS) is 17.2. The molecular weight excluding hydrogens is 258 g/mol. The molecule has 0 saturated heterocycles. The Balaban J connectivity index is 1.80. The highest BCUT2D eigenvalue weighted by Gasteiger charge is 2.33. The Kier molecular flexibility index (Phi) is 4.26. The van der Waals surface area contributed by atoms with E-state index in [9.17, 15) is 0 Å². The maximum absolute atomic E-state index is 5.49. The fraction of sp³-hybridized carbons (Fsp3) is 0.368.